The number of hydrogen-bond donors (Lipinski definition) is 0. The Balaban J connectivity index is 1.98. The van der Waals surface area contributed by atoms with Crippen LogP contribution in [-0.4, -0.2) is 96.6 Å². The van der Waals surface area contributed by atoms with Crippen molar-refractivity contribution in [3.8, 4) is 0 Å². The predicted octanol–water partition coefficient (Wildman–Crippen LogP) is -0.594. The van der Waals surface area contributed by atoms with Crippen molar-refractivity contribution in [1.29, 1.82) is 0 Å². The first-order valence-corrected chi connectivity index (χ1v) is 9.96. The molecular formula is C15H28N2O6S. The summed E-state index contributed by atoms with van der Waals surface area (Å²) in [5.74, 6) is 0.0266. The first kappa shape index (κ1) is 19.6. The lowest BCUT2D eigenvalue weighted by molar-refractivity contribution is -0.141. The SMILES string of the molecule is COCCOCC(=O)N1CCC2(COC)CN(S(C)(=O)=O)CC2C1. The molecule has 0 bridgehead atoms. The number of sulfonamides is 1. The van der Waals surface area contributed by atoms with Gasteiger partial charge >= 0.3 is 0 Å². The van der Waals surface area contributed by atoms with Gasteiger partial charge in [-0.15, -0.1) is 0 Å². The molecule has 2 saturated heterocycles. The molecule has 0 N–H and O–H groups in total. The van der Waals surface area contributed by atoms with E-state index in [1.165, 1.54) is 10.6 Å². The van der Waals surface area contributed by atoms with Gasteiger partial charge in [-0.3, -0.25) is 4.79 Å². The minimum Gasteiger partial charge on any atom is -0.384 e. The van der Waals surface area contributed by atoms with Crippen molar-refractivity contribution in [3.05, 3.63) is 0 Å². The van der Waals surface area contributed by atoms with Crippen molar-refractivity contribution < 1.29 is 27.4 Å². The molecule has 0 aromatic carbocycles. The Hall–Kier alpha value is -0.740. The summed E-state index contributed by atoms with van der Waals surface area (Å²) >= 11 is 0. The maximum Gasteiger partial charge on any atom is 0.248 e. The molecule has 2 heterocycles. The Labute approximate surface area is 144 Å². The summed E-state index contributed by atoms with van der Waals surface area (Å²) < 4.78 is 40.9. The summed E-state index contributed by atoms with van der Waals surface area (Å²) in [5, 5.41) is 0. The molecule has 2 aliphatic heterocycles. The van der Waals surface area contributed by atoms with Crippen LogP contribution in [0.15, 0.2) is 0 Å². The highest BCUT2D eigenvalue weighted by Crippen LogP contribution is 2.43. The van der Waals surface area contributed by atoms with Crippen LogP contribution >= 0.6 is 0 Å². The van der Waals surface area contributed by atoms with Crippen LogP contribution in [0.1, 0.15) is 6.42 Å². The Bertz CT molecular complexity index is 540. The van der Waals surface area contributed by atoms with E-state index in [-0.39, 0.29) is 23.8 Å². The highest BCUT2D eigenvalue weighted by atomic mass is 32.2. The molecule has 24 heavy (non-hydrogen) atoms. The van der Waals surface area contributed by atoms with Gasteiger partial charge in [0.05, 0.1) is 26.1 Å². The lowest BCUT2D eigenvalue weighted by atomic mass is 9.73. The molecule has 0 radical (unpaired) electrons. The second-order valence-electron chi connectivity index (χ2n) is 6.68. The van der Waals surface area contributed by atoms with E-state index in [9.17, 15) is 13.2 Å². The minimum absolute atomic E-state index is 0.0309. The van der Waals surface area contributed by atoms with Crippen LogP contribution in [-0.2, 0) is 29.0 Å². The van der Waals surface area contributed by atoms with Gasteiger partial charge in [0.1, 0.15) is 6.61 Å². The third kappa shape index (κ3) is 4.45. The van der Waals surface area contributed by atoms with Crippen LogP contribution in [0.4, 0.5) is 0 Å². The van der Waals surface area contributed by atoms with E-state index in [2.05, 4.69) is 0 Å². The average molecular weight is 364 g/mol. The van der Waals surface area contributed by atoms with E-state index in [4.69, 9.17) is 14.2 Å². The summed E-state index contributed by atoms with van der Waals surface area (Å²) in [4.78, 5) is 14.1. The molecule has 2 atom stereocenters. The molecule has 9 heteroatoms. The Morgan fingerprint density at radius 2 is 1.96 bits per heavy atom. The normalized spacial score (nSPS) is 28.1. The summed E-state index contributed by atoms with van der Waals surface area (Å²) in [6.45, 7) is 3.43. The number of hydrogen-bond acceptors (Lipinski definition) is 6. The van der Waals surface area contributed by atoms with Crippen molar-refractivity contribution in [2.45, 2.75) is 6.42 Å². The molecule has 0 aromatic rings. The first-order valence-electron chi connectivity index (χ1n) is 8.11. The van der Waals surface area contributed by atoms with Crippen LogP contribution in [0.3, 0.4) is 0 Å². The highest BCUT2D eigenvalue weighted by Gasteiger charge is 2.52. The quantitative estimate of drug-likeness (QED) is 0.535. The molecule has 2 unspecified atom stereocenters. The molecule has 0 saturated carbocycles. The third-order valence-electron chi connectivity index (χ3n) is 5.01. The Kier molecular flexibility index (Phi) is 6.60. The zero-order valence-electron chi connectivity index (χ0n) is 14.7. The van der Waals surface area contributed by atoms with Gasteiger partial charge in [-0.05, 0) is 12.3 Å². The lowest BCUT2D eigenvalue weighted by Crippen LogP contribution is -2.51. The zero-order valence-corrected chi connectivity index (χ0v) is 15.5. The van der Waals surface area contributed by atoms with Crippen molar-refractivity contribution >= 4 is 15.9 Å². The fraction of sp³-hybridized carbons (Fsp3) is 0.933. The van der Waals surface area contributed by atoms with Gasteiger partial charge in [0, 0.05) is 45.8 Å². The number of fused-ring (bicyclic) bond motifs is 1. The Morgan fingerprint density at radius 3 is 2.58 bits per heavy atom. The van der Waals surface area contributed by atoms with Crippen molar-refractivity contribution in [2.24, 2.45) is 11.3 Å². The predicted molar refractivity (Wildman–Crippen MR) is 88.1 cm³/mol. The van der Waals surface area contributed by atoms with E-state index in [0.717, 1.165) is 6.42 Å². The number of nitrogens with zero attached hydrogens (tertiary/aromatic N) is 2. The molecule has 140 valence electrons. The summed E-state index contributed by atoms with van der Waals surface area (Å²) in [7, 11) is -0.0225. The van der Waals surface area contributed by atoms with Gasteiger partial charge in [0.2, 0.25) is 15.9 Å². The molecule has 8 nitrogen and oxygen atoms in total. The summed E-state index contributed by atoms with van der Waals surface area (Å²) in [5.41, 5.74) is -0.203. The van der Waals surface area contributed by atoms with Crippen molar-refractivity contribution in [2.75, 3.05) is 73.1 Å². The van der Waals surface area contributed by atoms with Crippen LogP contribution in [0.5, 0.6) is 0 Å². The second kappa shape index (κ2) is 8.09. The zero-order chi connectivity index (χ0) is 17.8. The van der Waals surface area contributed by atoms with E-state index in [0.29, 0.717) is 46.0 Å². The second-order valence-corrected chi connectivity index (χ2v) is 8.67. The average Bonchev–Trinajstić information content (AvgIpc) is 2.90. The number of carbonyl (C=O) groups excluding carboxylic acids is 1. The number of piperidine rings is 1. The lowest BCUT2D eigenvalue weighted by Gasteiger charge is -2.43. The minimum atomic E-state index is -3.24. The summed E-state index contributed by atoms with van der Waals surface area (Å²) in [6.07, 6.45) is 1.97. The molecule has 2 rings (SSSR count). The van der Waals surface area contributed by atoms with E-state index < -0.39 is 10.0 Å². The maximum absolute atomic E-state index is 12.3. The van der Waals surface area contributed by atoms with Crippen molar-refractivity contribution in [1.82, 2.24) is 9.21 Å². The fourth-order valence-electron chi connectivity index (χ4n) is 3.63. The monoisotopic (exact) mass is 364 g/mol. The summed E-state index contributed by atoms with van der Waals surface area (Å²) in [6, 6.07) is 0. The number of amides is 1. The topological polar surface area (TPSA) is 85.4 Å². The largest absolute Gasteiger partial charge is 0.384 e. The first-order chi connectivity index (χ1) is 11.3. The van der Waals surface area contributed by atoms with Gasteiger partial charge in [-0.2, -0.15) is 0 Å². The van der Waals surface area contributed by atoms with Gasteiger partial charge in [0.25, 0.3) is 0 Å². The molecular weight excluding hydrogens is 336 g/mol. The van der Waals surface area contributed by atoms with E-state index in [1.807, 2.05) is 0 Å². The molecule has 0 aliphatic carbocycles. The van der Waals surface area contributed by atoms with Crippen molar-refractivity contribution in [3.63, 3.8) is 0 Å². The number of likely N-dealkylation sites (tertiary alicyclic amines) is 1. The highest BCUT2D eigenvalue weighted by molar-refractivity contribution is 7.88. The molecule has 2 aliphatic rings. The van der Waals surface area contributed by atoms with Crippen LogP contribution in [0, 0.1) is 11.3 Å². The van der Waals surface area contributed by atoms with E-state index in [1.54, 1.807) is 19.1 Å². The van der Waals surface area contributed by atoms with Crippen LogP contribution in [0.25, 0.3) is 0 Å². The standard InChI is InChI=1S/C15H28N2O6S/c1-21-6-7-23-10-14(18)16-5-4-15(12-22-2)11-17(24(3,19)20)9-13(15)8-16/h13H,4-12H2,1-3H3. The third-order valence-corrected chi connectivity index (χ3v) is 6.23. The van der Waals surface area contributed by atoms with E-state index >= 15 is 0 Å². The number of methoxy groups -OCH3 is 2. The van der Waals surface area contributed by atoms with Crippen LogP contribution < -0.4 is 0 Å². The van der Waals surface area contributed by atoms with Gasteiger partial charge in [0.15, 0.2) is 0 Å². The molecule has 0 spiro atoms. The van der Waals surface area contributed by atoms with Gasteiger partial charge in [-0.1, -0.05) is 0 Å². The van der Waals surface area contributed by atoms with Gasteiger partial charge in [-0.25, -0.2) is 12.7 Å². The molecule has 1 amide bonds. The number of rotatable bonds is 8. The maximum atomic E-state index is 12.3. The fourth-order valence-corrected chi connectivity index (χ4v) is 4.57. The smallest absolute Gasteiger partial charge is 0.248 e. The van der Waals surface area contributed by atoms with Crippen LogP contribution in [0.2, 0.25) is 0 Å². The number of ether oxygens (including phenoxy) is 3. The Morgan fingerprint density at radius 1 is 1.21 bits per heavy atom. The molecule has 2 fully saturated rings. The molecule has 0 aromatic heterocycles. The van der Waals surface area contributed by atoms with Gasteiger partial charge < -0.3 is 19.1 Å². The number of carbonyl (C=O) groups is 1.